The monoisotopic (exact) mass is 196 g/mol. The van der Waals surface area contributed by atoms with E-state index in [1.54, 1.807) is 6.26 Å². The lowest BCUT2D eigenvalue weighted by Gasteiger charge is -2.22. The van der Waals surface area contributed by atoms with Crippen LogP contribution >= 0.6 is 0 Å². The molecule has 1 aromatic rings. The van der Waals surface area contributed by atoms with Crippen molar-refractivity contribution in [1.29, 1.82) is 0 Å². The van der Waals surface area contributed by atoms with Gasteiger partial charge in [-0.2, -0.15) is 0 Å². The van der Waals surface area contributed by atoms with E-state index < -0.39 is 0 Å². The van der Waals surface area contributed by atoms with Crippen LogP contribution in [0.15, 0.2) is 10.7 Å². The van der Waals surface area contributed by atoms with Crippen LogP contribution < -0.4 is 5.32 Å². The molecule has 1 aliphatic heterocycles. The molecular formula is C10H16N2O2. The average Bonchev–Trinajstić information content (AvgIpc) is 2.63. The van der Waals surface area contributed by atoms with Crippen molar-refractivity contribution in [2.75, 3.05) is 13.1 Å². The number of hydrogen-bond acceptors (Lipinski definition) is 4. The topological polar surface area (TPSA) is 47.3 Å². The maximum Gasteiger partial charge on any atom is 0.191 e. The normalized spacial score (nSPS) is 22.5. The SMILES string of the molecule is Cc1nc(CO[C@H]2CCCNC2)co1. The third kappa shape index (κ3) is 2.56. The molecule has 0 amide bonds. The lowest BCUT2D eigenvalue weighted by Crippen LogP contribution is -2.35. The Hall–Kier alpha value is -0.870. The van der Waals surface area contributed by atoms with Crippen molar-refractivity contribution in [2.24, 2.45) is 0 Å². The number of hydrogen-bond donors (Lipinski definition) is 1. The molecule has 0 aromatic carbocycles. The van der Waals surface area contributed by atoms with Gasteiger partial charge in [-0.05, 0) is 19.4 Å². The summed E-state index contributed by atoms with van der Waals surface area (Å²) >= 11 is 0. The second kappa shape index (κ2) is 4.57. The van der Waals surface area contributed by atoms with Crippen LogP contribution in [0.5, 0.6) is 0 Å². The lowest BCUT2D eigenvalue weighted by atomic mass is 10.1. The van der Waals surface area contributed by atoms with Gasteiger partial charge in [-0.15, -0.1) is 0 Å². The highest BCUT2D eigenvalue weighted by molar-refractivity contribution is 4.93. The van der Waals surface area contributed by atoms with E-state index in [1.807, 2.05) is 6.92 Å². The summed E-state index contributed by atoms with van der Waals surface area (Å²) in [5.41, 5.74) is 0.882. The molecule has 1 aliphatic rings. The Labute approximate surface area is 83.7 Å². The van der Waals surface area contributed by atoms with Gasteiger partial charge in [0.2, 0.25) is 0 Å². The summed E-state index contributed by atoms with van der Waals surface area (Å²) in [5, 5.41) is 3.31. The third-order valence-corrected chi connectivity index (χ3v) is 2.39. The minimum Gasteiger partial charge on any atom is -0.449 e. The number of rotatable bonds is 3. The first kappa shape index (κ1) is 9.68. The molecule has 1 saturated heterocycles. The highest BCUT2D eigenvalue weighted by Gasteiger charge is 2.13. The van der Waals surface area contributed by atoms with Gasteiger partial charge in [0.1, 0.15) is 12.0 Å². The Morgan fingerprint density at radius 2 is 2.64 bits per heavy atom. The van der Waals surface area contributed by atoms with Gasteiger partial charge in [-0.25, -0.2) is 4.98 Å². The summed E-state index contributed by atoms with van der Waals surface area (Å²) in [5.74, 6) is 0.699. The van der Waals surface area contributed by atoms with Gasteiger partial charge >= 0.3 is 0 Å². The van der Waals surface area contributed by atoms with Gasteiger partial charge in [0.15, 0.2) is 5.89 Å². The minimum atomic E-state index is 0.334. The molecule has 14 heavy (non-hydrogen) atoms. The second-order valence-corrected chi connectivity index (χ2v) is 3.64. The third-order valence-electron chi connectivity index (χ3n) is 2.39. The number of aromatic nitrogens is 1. The molecule has 0 spiro atoms. The zero-order valence-electron chi connectivity index (χ0n) is 8.45. The Balaban J connectivity index is 1.76. The molecule has 1 atom stereocenters. The van der Waals surface area contributed by atoms with Crippen LogP contribution in [0.4, 0.5) is 0 Å². The van der Waals surface area contributed by atoms with Gasteiger partial charge in [-0.1, -0.05) is 0 Å². The first-order chi connectivity index (χ1) is 6.84. The standard InChI is InChI=1S/C10H16N2O2/c1-8-12-9(6-13-8)7-14-10-3-2-4-11-5-10/h6,10-11H,2-5,7H2,1H3/t10-/m0/s1. The highest BCUT2D eigenvalue weighted by atomic mass is 16.5. The van der Waals surface area contributed by atoms with Crippen molar-refractivity contribution in [1.82, 2.24) is 10.3 Å². The van der Waals surface area contributed by atoms with E-state index in [2.05, 4.69) is 10.3 Å². The number of nitrogens with zero attached hydrogens (tertiary/aromatic N) is 1. The summed E-state index contributed by atoms with van der Waals surface area (Å²) in [4.78, 5) is 4.18. The van der Waals surface area contributed by atoms with E-state index in [9.17, 15) is 0 Å². The molecule has 2 heterocycles. The molecule has 0 radical (unpaired) electrons. The molecule has 0 saturated carbocycles. The van der Waals surface area contributed by atoms with Crippen LogP contribution in [0.2, 0.25) is 0 Å². The van der Waals surface area contributed by atoms with Gasteiger partial charge in [-0.3, -0.25) is 0 Å². The molecule has 1 N–H and O–H groups in total. The van der Waals surface area contributed by atoms with Gasteiger partial charge in [0, 0.05) is 13.5 Å². The molecule has 0 unspecified atom stereocenters. The molecule has 0 bridgehead atoms. The molecule has 4 nitrogen and oxygen atoms in total. The maximum atomic E-state index is 5.70. The van der Waals surface area contributed by atoms with E-state index in [0.717, 1.165) is 25.2 Å². The van der Waals surface area contributed by atoms with Crippen LogP contribution in [-0.2, 0) is 11.3 Å². The summed E-state index contributed by atoms with van der Waals surface area (Å²) in [6.07, 6.45) is 4.33. The Bertz CT molecular complexity index is 279. The smallest absolute Gasteiger partial charge is 0.191 e. The van der Waals surface area contributed by atoms with Crippen LogP contribution in [0.1, 0.15) is 24.4 Å². The number of aryl methyl sites for hydroxylation is 1. The van der Waals surface area contributed by atoms with Gasteiger partial charge in [0.25, 0.3) is 0 Å². The fraction of sp³-hybridized carbons (Fsp3) is 0.700. The molecule has 2 rings (SSSR count). The van der Waals surface area contributed by atoms with Crippen LogP contribution in [0.25, 0.3) is 0 Å². The zero-order valence-corrected chi connectivity index (χ0v) is 8.45. The quantitative estimate of drug-likeness (QED) is 0.790. The van der Waals surface area contributed by atoms with Crippen molar-refractivity contribution < 1.29 is 9.15 Å². The molecule has 1 fully saturated rings. The Morgan fingerprint density at radius 3 is 3.29 bits per heavy atom. The van der Waals surface area contributed by atoms with Crippen LogP contribution in [-0.4, -0.2) is 24.2 Å². The predicted molar refractivity (Wildman–Crippen MR) is 51.9 cm³/mol. The zero-order chi connectivity index (χ0) is 9.80. The molecule has 4 heteroatoms. The summed E-state index contributed by atoms with van der Waals surface area (Å²) in [6, 6.07) is 0. The van der Waals surface area contributed by atoms with Crippen molar-refractivity contribution in [3.05, 3.63) is 17.8 Å². The second-order valence-electron chi connectivity index (χ2n) is 3.64. The summed E-state index contributed by atoms with van der Waals surface area (Å²) < 4.78 is 10.8. The highest BCUT2D eigenvalue weighted by Crippen LogP contribution is 2.09. The van der Waals surface area contributed by atoms with E-state index in [1.165, 1.54) is 6.42 Å². The number of ether oxygens (including phenoxy) is 1. The van der Waals surface area contributed by atoms with Crippen LogP contribution in [0, 0.1) is 6.92 Å². The maximum absolute atomic E-state index is 5.70. The van der Waals surface area contributed by atoms with Crippen molar-refractivity contribution >= 4 is 0 Å². The van der Waals surface area contributed by atoms with E-state index in [0.29, 0.717) is 18.6 Å². The van der Waals surface area contributed by atoms with Gasteiger partial charge < -0.3 is 14.5 Å². The number of piperidine rings is 1. The van der Waals surface area contributed by atoms with Crippen LogP contribution in [0.3, 0.4) is 0 Å². The van der Waals surface area contributed by atoms with Gasteiger partial charge in [0.05, 0.1) is 12.7 Å². The number of oxazole rings is 1. The average molecular weight is 196 g/mol. The lowest BCUT2D eigenvalue weighted by molar-refractivity contribution is 0.0236. The predicted octanol–water partition coefficient (Wildman–Crippen LogP) is 1.25. The summed E-state index contributed by atoms with van der Waals surface area (Å²) in [7, 11) is 0. The van der Waals surface area contributed by atoms with Crippen molar-refractivity contribution in [3.8, 4) is 0 Å². The van der Waals surface area contributed by atoms with Crippen molar-refractivity contribution in [3.63, 3.8) is 0 Å². The number of nitrogens with one attached hydrogen (secondary N) is 1. The van der Waals surface area contributed by atoms with E-state index in [-0.39, 0.29) is 0 Å². The Morgan fingerprint density at radius 1 is 1.71 bits per heavy atom. The summed E-state index contributed by atoms with van der Waals surface area (Å²) in [6.45, 7) is 4.47. The largest absolute Gasteiger partial charge is 0.449 e. The van der Waals surface area contributed by atoms with E-state index >= 15 is 0 Å². The first-order valence-corrected chi connectivity index (χ1v) is 5.08. The Kier molecular flexibility index (Phi) is 3.16. The fourth-order valence-corrected chi connectivity index (χ4v) is 1.64. The first-order valence-electron chi connectivity index (χ1n) is 5.08. The molecular weight excluding hydrogens is 180 g/mol. The molecule has 78 valence electrons. The van der Waals surface area contributed by atoms with Crippen molar-refractivity contribution in [2.45, 2.75) is 32.5 Å². The van der Waals surface area contributed by atoms with E-state index in [4.69, 9.17) is 9.15 Å². The molecule has 1 aromatic heterocycles. The minimum absolute atomic E-state index is 0.334. The molecule has 0 aliphatic carbocycles. The fourth-order valence-electron chi connectivity index (χ4n) is 1.64.